The smallest absolute Gasteiger partial charge is 0.264 e. The summed E-state index contributed by atoms with van der Waals surface area (Å²) in [5.41, 5.74) is 0.484. The second kappa shape index (κ2) is 6.58. The maximum atomic E-state index is 8.72. The second-order valence-electron chi connectivity index (χ2n) is 4.59. The molecule has 0 fully saturated rings. The lowest BCUT2D eigenvalue weighted by Crippen LogP contribution is -1.95. The largest absolute Gasteiger partial charge is 0.484 e. The van der Waals surface area contributed by atoms with Gasteiger partial charge in [-0.2, -0.15) is 10.2 Å². The van der Waals surface area contributed by atoms with Gasteiger partial charge in [0.05, 0.1) is 5.56 Å². The molecule has 7 nitrogen and oxygen atoms in total. The molecule has 0 N–H and O–H groups in total. The molecular formula is C16H12N4O3. The Kier molecular flexibility index (Phi) is 4.16. The molecule has 0 saturated heterocycles. The highest BCUT2D eigenvalue weighted by Crippen LogP contribution is 2.23. The number of ether oxygens (including phenoxy) is 2. The van der Waals surface area contributed by atoms with E-state index in [0.29, 0.717) is 34.7 Å². The first kappa shape index (κ1) is 14.5. The summed E-state index contributed by atoms with van der Waals surface area (Å²) >= 11 is 0. The maximum Gasteiger partial charge on any atom is 0.264 e. The van der Waals surface area contributed by atoms with Crippen LogP contribution in [0.15, 0.2) is 47.1 Å². The molecule has 0 bridgehead atoms. The van der Waals surface area contributed by atoms with Gasteiger partial charge in [-0.15, -0.1) is 0 Å². The quantitative estimate of drug-likeness (QED) is 0.715. The van der Waals surface area contributed by atoms with Gasteiger partial charge in [0.25, 0.3) is 5.89 Å². The lowest BCUT2D eigenvalue weighted by Gasteiger charge is -2.06. The molecule has 2 heterocycles. The maximum absolute atomic E-state index is 8.72. The summed E-state index contributed by atoms with van der Waals surface area (Å²) < 4.78 is 16.1. The van der Waals surface area contributed by atoms with Crippen LogP contribution in [0.25, 0.3) is 0 Å². The van der Waals surface area contributed by atoms with Crippen LogP contribution in [-0.2, 0) is 6.61 Å². The van der Waals surface area contributed by atoms with Crippen molar-refractivity contribution in [3.63, 3.8) is 0 Å². The monoisotopic (exact) mass is 308 g/mol. The fraction of sp³-hybridized carbons (Fsp3) is 0.125. The van der Waals surface area contributed by atoms with Crippen LogP contribution in [0.4, 0.5) is 0 Å². The van der Waals surface area contributed by atoms with Gasteiger partial charge in [-0.1, -0.05) is 5.16 Å². The van der Waals surface area contributed by atoms with E-state index in [1.54, 1.807) is 43.3 Å². The third-order valence-electron chi connectivity index (χ3n) is 2.84. The fourth-order valence-electron chi connectivity index (χ4n) is 1.78. The molecule has 7 heteroatoms. The predicted octanol–water partition coefficient (Wildman–Crippen LogP) is 3.02. The van der Waals surface area contributed by atoms with Gasteiger partial charge in [-0.25, -0.2) is 4.98 Å². The zero-order valence-corrected chi connectivity index (χ0v) is 12.3. The number of benzene rings is 1. The van der Waals surface area contributed by atoms with Gasteiger partial charge in [0.15, 0.2) is 12.4 Å². The van der Waals surface area contributed by atoms with Crippen molar-refractivity contribution < 1.29 is 14.0 Å². The van der Waals surface area contributed by atoms with E-state index in [0.717, 1.165) is 0 Å². The van der Waals surface area contributed by atoms with Crippen molar-refractivity contribution in [1.82, 2.24) is 15.1 Å². The Morgan fingerprint density at radius 3 is 2.52 bits per heavy atom. The first-order valence-electron chi connectivity index (χ1n) is 6.79. The molecule has 0 atom stereocenters. The van der Waals surface area contributed by atoms with E-state index in [1.807, 2.05) is 6.07 Å². The Bertz CT molecular complexity index is 820. The van der Waals surface area contributed by atoms with Crippen LogP contribution in [0.3, 0.4) is 0 Å². The molecule has 3 aromatic rings. The highest BCUT2D eigenvalue weighted by atomic mass is 16.5. The van der Waals surface area contributed by atoms with Crippen molar-refractivity contribution >= 4 is 0 Å². The first-order valence-corrected chi connectivity index (χ1v) is 6.79. The summed E-state index contributed by atoms with van der Waals surface area (Å²) in [6.07, 6.45) is 1.46. The zero-order chi connectivity index (χ0) is 16.1. The SMILES string of the molecule is Cc1noc(COc2ccc(Oc3ccc(C#N)cn3)cc2)n1. The average Bonchev–Trinajstić information content (AvgIpc) is 3.00. The number of aryl methyl sites for hydroxylation is 1. The molecule has 0 spiro atoms. The molecule has 3 rings (SSSR count). The van der Waals surface area contributed by atoms with Crippen molar-refractivity contribution in [2.45, 2.75) is 13.5 Å². The van der Waals surface area contributed by atoms with Crippen molar-refractivity contribution in [2.75, 3.05) is 0 Å². The summed E-state index contributed by atoms with van der Waals surface area (Å²) in [5, 5.41) is 12.4. The Balaban J connectivity index is 1.59. The summed E-state index contributed by atoms with van der Waals surface area (Å²) in [4.78, 5) is 8.10. The van der Waals surface area contributed by atoms with Gasteiger partial charge in [-0.3, -0.25) is 0 Å². The number of nitrogens with zero attached hydrogens (tertiary/aromatic N) is 4. The predicted molar refractivity (Wildman–Crippen MR) is 78.8 cm³/mol. The molecule has 114 valence electrons. The van der Waals surface area contributed by atoms with Crippen LogP contribution in [0.2, 0.25) is 0 Å². The van der Waals surface area contributed by atoms with E-state index in [-0.39, 0.29) is 6.61 Å². The molecule has 0 amide bonds. The average molecular weight is 308 g/mol. The van der Waals surface area contributed by atoms with Crippen LogP contribution < -0.4 is 9.47 Å². The van der Waals surface area contributed by atoms with Crippen molar-refractivity contribution in [1.29, 1.82) is 5.26 Å². The van der Waals surface area contributed by atoms with E-state index in [2.05, 4.69) is 15.1 Å². The van der Waals surface area contributed by atoms with Gasteiger partial charge in [0, 0.05) is 12.3 Å². The number of hydrogen-bond donors (Lipinski definition) is 0. The van der Waals surface area contributed by atoms with E-state index in [9.17, 15) is 0 Å². The minimum atomic E-state index is 0.207. The molecular weight excluding hydrogens is 296 g/mol. The third-order valence-corrected chi connectivity index (χ3v) is 2.84. The van der Waals surface area contributed by atoms with Crippen LogP contribution in [0.1, 0.15) is 17.3 Å². The highest BCUT2D eigenvalue weighted by Gasteiger charge is 2.04. The lowest BCUT2D eigenvalue weighted by atomic mass is 10.3. The molecule has 0 unspecified atom stereocenters. The van der Waals surface area contributed by atoms with Gasteiger partial charge in [-0.05, 0) is 37.3 Å². The molecule has 23 heavy (non-hydrogen) atoms. The Morgan fingerprint density at radius 1 is 1.13 bits per heavy atom. The number of nitriles is 1. The normalized spacial score (nSPS) is 10.1. The topological polar surface area (TPSA) is 94.1 Å². The van der Waals surface area contributed by atoms with Crippen LogP contribution in [0.5, 0.6) is 17.4 Å². The van der Waals surface area contributed by atoms with Crippen molar-refractivity contribution in [2.24, 2.45) is 0 Å². The number of hydrogen-bond acceptors (Lipinski definition) is 7. The fourth-order valence-corrected chi connectivity index (χ4v) is 1.78. The van der Waals surface area contributed by atoms with Crippen molar-refractivity contribution in [3.8, 4) is 23.4 Å². The van der Waals surface area contributed by atoms with E-state index >= 15 is 0 Å². The summed E-state index contributed by atoms with van der Waals surface area (Å²) in [6, 6.07) is 12.3. The van der Waals surface area contributed by atoms with Gasteiger partial charge in [0.2, 0.25) is 5.88 Å². The van der Waals surface area contributed by atoms with Gasteiger partial charge >= 0.3 is 0 Å². The Morgan fingerprint density at radius 2 is 1.91 bits per heavy atom. The molecule has 0 saturated carbocycles. The molecule has 2 aromatic heterocycles. The number of rotatable bonds is 5. The van der Waals surface area contributed by atoms with Crippen LogP contribution >= 0.6 is 0 Å². The molecule has 0 aliphatic carbocycles. The van der Waals surface area contributed by atoms with Gasteiger partial charge < -0.3 is 14.0 Å². The van der Waals surface area contributed by atoms with E-state index < -0.39 is 0 Å². The van der Waals surface area contributed by atoms with E-state index in [1.165, 1.54) is 6.20 Å². The minimum absolute atomic E-state index is 0.207. The van der Waals surface area contributed by atoms with Crippen LogP contribution in [-0.4, -0.2) is 15.1 Å². The van der Waals surface area contributed by atoms with Gasteiger partial charge in [0.1, 0.15) is 17.6 Å². The van der Waals surface area contributed by atoms with Crippen LogP contribution in [0, 0.1) is 18.3 Å². The summed E-state index contributed by atoms with van der Waals surface area (Å²) in [5.74, 6) is 2.68. The minimum Gasteiger partial charge on any atom is -0.484 e. The van der Waals surface area contributed by atoms with E-state index in [4.69, 9.17) is 19.3 Å². The molecule has 0 aliphatic heterocycles. The highest BCUT2D eigenvalue weighted by molar-refractivity contribution is 5.35. The molecule has 0 radical (unpaired) electrons. The number of pyridine rings is 1. The Hall–Kier alpha value is -3.40. The third kappa shape index (κ3) is 3.83. The Labute approximate surface area is 132 Å². The zero-order valence-electron chi connectivity index (χ0n) is 12.3. The summed E-state index contributed by atoms with van der Waals surface area (Å²) in [7, 11) is 0. The van der Waals surface area contributed by atoms with Crippen molar-refractivity contribution in [3.05, 3.63) is 59.9 Å². The molecule has 0 aliphatic rings. The summed E-state index contributed by atoms with van der Waals surface area (Å²) in [6.45, 7) is 1.95. The first-order chi connectivity index (χ1) is 11.2. The standard InChI is InChI=1S/C16H12N4O3/c1-11-19-16(23-20-11)10-21-13-3-5-14(6-4-13)22-15-7-2-12(8-17)9-18-15/h2-7,9H,10H2,1H3. The lowest BCUT2D eigenvalue weighted by molar-refractivity contribution is 0.242. The second-order valence-corrected chi connectivity index (χ2v) is 4.59. The number of aromatic nitrogens is 3. The molecule has 1 aromatic carbocycles.